The molecule has 0 aliphatic heterocycles. The molecule has 0 radical (unpaired) electrons. The molecule has 0 saturated heterocycles. The summed E-state index contributed by atoms with van der Waals surface area (Å²) in [5, 5.41) is 14.6. The average molecular weight is 508 g/mol. The van der Waals surface area contributed by atoms with Crippen LogP contribution in [0, 0.1) is 5.82 Å². The van der Waals surface area contributed by atoms with Crippen molar-refractivity contribution in [1.82, 2.24) is 24.8 Å². The van der Waals surface area contributed by atoms with Crippen molar-refractivity contribution >= 4 is 22.1 Å². The predicted molar refractivity (Wildman–Crippen MR) is 142 cm³/mol. The van der Waals surface area contributed by atoms with E-state index in [9.17, 15) is 14.3 Å². The fourth-order valence-corrected chi connectivity index (χ4v) is 4.78. The summed E-state index contributed by atoms with van der Waals surface area (Å²) in [7, 11) is 3.26. The van der Waals surface area contributed by atoms with E-state index in [0.717, 1.165) is 31.1 Å². The van der Waals surface area contributed by atoms with Gasteiger partial charge in [-0.15, -0.1) is 0 Å². The number of aryl methyl sites for hydroxylation is 2. The average Bonchev–Trinajstić information content (AvgIpc) is 2.93. The van der Waals surface area contributed by atoms with Gasteiger partial charge < -0.3 is 15.2 Å². The maximum atomic E-state index is 14.6. The number of nitrogens with zero attached hydrogens (tertiary/aromatic N) is 4. The van der Waals surface area contributed by atoms with Crippen molar-refractivity contribution in [2.75, 3.05) is 13.7 Å². The van der Waals surface area contributed by atoms with Gasteiger partial charge in [0, 0.05) is 47.9 Å². The SMILES string of the molecule is CCC(CO)(CCCCCc1c(F)cnc2ccc(OC)nc12)NCc1cc2cccnc2n(C)c1=O. The topological polar surface area (TPSA) is 102 Å². The predicted octanol–water partition coefficient (Wildman–Crippen LogP) is 4.06. The Morgan fingerprint density at radius 1 is 1.19 bits per heavy atom. The van der Waals surface area contributed by atoms with Crippen LogP contribution in [0.1, 0.15) is 50.2 Å². The zero-order chi connectivity index (χ0) is 26.4. The third-order valence-electron chi connectivity index (χ3n) is 7.21. The molecular weight excluding hydrogens is 473 g/mol. The normalized spacial score (nSPS) is 13.2. The second-order valence-electron chi connectivity index (χ2n) is 9.46. The minimum Gasteiger partial charge on any atom is -0.481 e. The minimum atomic E-state index is -0.502. The molecule has 4 aromatic heterocycles. The van der Waals surface area contributed by atoms with E-state index < -0.39 is 5.54 Å². The molecule has 2 N–H and O–H groups in total. The van der Waals surface area contributed by atoms with E-state index >= 15 is 0 Å². The fraction of sp³-hybridized carbons (Fsp3) is 0.429. The van der Waals surface area contributed by atoms with Crippen LogP contribution in [-0.4, -0.2) is 43.9 Å². The minimum absolute atomic E-state index is 0.0354. The molecule has 1 atom stereocenters. The Morgan fingerprint density at radius 2 is 2.03 bits per heavy atom. The van der Waals surface area contributed by atoms with Gasteiger partial charge >= 0.3 is 0 Å². The first kappa shape index (κ1) is 26.6. The molecule has 0 amide bonds. The molecule has 9 heteroatoms. The van der Waals surface area contributed by atoms with Crippen molar-refractivity contribution < 1.29 is 14.2 Å². The molecule has 0 aliphatic carbocycles. The van der Waals surface area contributed by atoms with Gasteiger partial charge in [0.2, 0.25) is 5.88 Å². The standard InChI is InChI=1S/C28H34FN5O3/c1-4-28(18-35,32-16-20-15-19-9-8-14-30-26(19)34(2)27(20)36)13-7-5-6-10-21-22(29)17-31-23-11-12-24(37-3)33-25(21)23/h8-9,11-12,14-15,17,32,35H,4-7,10,13,16,18H2,1-3H3. The molecule has 0 aliphatic rings. The van der Waals surface area contributed by atoms with Crippen LogP contribution in [0.15, 0.2) is 47.5 Å². The number of pyridine rings is 4. The highest BCUT2D eigenvalue weighted by molar-refractivity contribution is 5.78. The lowest BCUT2D eigenvalue weighted by Crippen LogP contribution is -2.48. The van der Waals surface area contributed by atoms with Crippen LogP contribution in [0.25, 0.3) is 22.1 Å². The van der Waals surface area contributed by atoms with Crippen LogP contribution in [0.2, 0.25) is 0 Å². The molecule has 0 bridgehead atoms. The first-order valence-corrected chi connectivity index (χ1v) is 12.7. The summed E-state index contributed by atoms with van der Waals surface area (Å²) in [6.45, 7) is 2.35. The zero-order valence-electron chi connectivity index (χ0n) is 21.6. The zero-order valence-corrected chi connectivity index (χ0v) is 21.6. The number of methoxy groups -OCH3 is 1. The largest absolute Gasteiger partial charge is 0.481 e. The van der Waals surface area contributed by atoms with Gasteiger partial charge in [0.15, 0.2) is 0 Å². The molecule has 4 rings (SSSR count). The highest BCUT2D eigenvalue weighted by atomic mass is 19.1. The Morgan fingerprint density at radius 3 is 2.78 bits per heavy atom. The van der Waals surface area contributed by atoms with E-state index in [1.165, 1.54) is 13.3 Å². The molecule has 0 aromatic carbocycles. The van der Waals surface area contributed by atoms with E-state index in [1.54, 1.807) is 29.9 Å². The number of aromatic nitrogens is 4. The van der Waals surface area contributed by atoms with Gasteiger partial charge in [-0.05, 0) is 49.9 Å². The van der Waals surface area contributed by atoms with Crippen molar-refractivity contribution in [3.05, 3.63) is 70.0 Å². The monoisotopic (exact) mass is 507 g/mol. The molecule has 8 nitrogen and oxygen atoms in total. The molecule has 0 spiro atoms. The lowest BCUT2D eigenvalue weighted by Gasteiger charge is -2.32. The van der Waals surface area contributed by atoms with Crippen molar-refractivity contribution in [3.63, 3.8) is 0 Å². The summed E-state index contributed by atoms with van der Waals surface area (Å²) >= 11 is 0. The fourth-order valence-electron chi connectivity index (χ4n) is 4.78. The van der Waals surface area contributed by atoms with Gasteiger partial charge in [-0.3, -0.25) is 14.3 Å². The number of hydrogen-bond donors (Lipinski definition) is 2. The van der Waals surface area contributed by atoms with E-state index in [4.69, 9.17) is 4.74 Å². The second kappa shape index (κ2) is 11.7. The number of rotatable bonds is 12. The molecule has 196 valence electrons. The first-order chi connectivity index (χ1) is 17.9. The van der Waals surface area contributed by atoms with Crippen LogP contribution in [-0.2, 0) is 20.0 Å². The summed E-state index contributed by atoms with van der Waals surface area (Å²) < 4.78 is 21.3. The van der Waals surface area contributed by atoms with Crippen LogP contribution in [0.5, 0.6) is 5.88 Å². The van der Waals surface area contributed by atoms with Gasteiger partial charge in [-0.2, -0.15) is 0 Å². The van der Waals surface area contributed by atoms with Crippen molar-refractivity contribution in [2.45, 2.75) is 57.5 Å². The smallest absolute Gasteiger partial charge is 0.256 e. The number of fused-ring (bicyclic) bond motifs is 2. The number of unbranched alkanes of at least 4 members (excludes halogenated alkanes) is 2. The van der Waals surface area contributed by atoms with Gasteiger partial charge in [-0.25, -0.2) is 14.4 Å². The van der Waals surface area contributed by atoms with E-state index in [1.807, 2.05) is 25.1 Å². The van der Waals surface area contributed by atoms with E-state index in [0.29, 0.717) is 53.1 Å². The quantitative estimate of drug-likeness (QED) is 0.279. The summed E-state index contributed by atoms with van der Waals surface area (Å²) in [5.41, 5.74) is 2.41. The number of halogens is 1. The lowest BCUT2D eigenvalue weighted by atomic mass is 9.89. The highest BCUT2D eigenvalue weighted by Gasteiger charge is 2.26. The molecule has 0 fully saturated rings. The Kier molecular flexibility index (Phi) is 8.45. The number of aliphatic hydroxyl groups is 1. The third kappa shape index (κ3) is 5.78. The molecular formula is C28H34FN5O3. The van der Waals surface area contributed by atoms with Crippen molar-refractivity contribution in [1.29, 1.82) is 0 Å². The number of aliphatic hydroxyl groups excluding tert-OH is 1. The summed E-state index contributed by atoms with van der Waals surface area (Å²) in [6.07, 6.45) is 7.40. The summed E-state index contributed by atoms with van der Waals surface area (Å²) in [4.78, 5) is 25.7. The maximum absolute atomic E-state index is 14.6. The lowest BCUT2D eigenvalue weighted by molar-refractivity contribution is 0.141. The van der Waals surface area contributed by atoms with E-state index in [2.05, 4.69) is 20.3 Å². The maximum Gasteiger partial charge on any atom is 0.256 e. The van der Waals surface area contributed by atoms with Crippen LogP contribution in [0.4, 0.5) is 4.39 Å². The Balaban J connectivity index is 1.38. The number of ether oxygens (including phenoxy) is 1. The Bertz CT molecular complexity index is 1440. The number of nitrogens with one attached hydrogen (secondary N) is 1. The molecule has 4 aromatic rings. The van der Waals surface area contributed by atoms with Crippen molar-refractivity contribution in [3.8, 4) is 5.88 Å². The highest BCUT2D eigenvalue weighted by Crippen LogP contribution is 2.24. The van der Waals surface area contributed by atoms with Gasteiger partial charge in [0.25, 0.3) is 5.56 Å². The molecule has 4 heterocycles. The van der Waals surface area contributed by atoms with Gasteiger partial charge in [0.1, 0.15) is 11.5 Å². The number of hydrogen-bond acceptors (Lipinski definition) is 7. The van der Waals surface area contributed by atoms with Gasteiger partial charge in [-0.1, -0.05) is 19.8 Å². The van der Waals surface area contributed by atoms with E-state index in [-0.39, 0.29) is 18.0 Å². The second-order valence-corrected chi connectivity index (χ2v) is 9.46. The Labute approximate surface area is 215 Å². The Hall–Kier alpha value is -3.43. The third-order valence-corrected chi connectivity index (χ3v) is 7.21. The molecule has 37 heavy (non-hydrogen) atoms. The van der Waals surface area contributed by atoms with Crippen LogP contribution < -0.4 is 15.6 Å². The summed E-state index contributed by atoms with van der Waals surface area (Å²) in [6, 6.07) is 9.15. The molecule has 1 unspecified atom stereocenters. The van der Waals surface area contributed by atoms with Crippen molar-refractivity contribution in [2.24, 2.45) is 7.05 Å². The summed E-state index contributed by atoms with van der Waals surface area (Å²) in [5.74, 6) is 0.0701. The van der Waals surface area contributed by atoms with Crippen LogP contribution >= 0.6 is 0 Å². The van der Waals surface area contributed by atoms with Gasteiger partial charge in [0.05, 0.1) is 30.9 Å². The van der Waals surface area contributed by atoms with Crippen LogP contribution in [0.3, 0.4) is 0 Å². The first-order valence-electron chi connectivity index (χ1n) is 12.7. The molecule has 0 saturated carbocycles.